The summed E-state index contributed by atoms with van der Waals surface area (Å²) in [4.78, 5) is 12.8. The van der Waals surface area contributed by atoms with Crippen molar-refractivity contribution in [2.75, 3.05) is 13.7 Å². The minimum absolute atomic E-state index is 0.0417. The fraction of sp³-hybridized carbons (Fsp3) is 0.645. The number of hydrogen-bond acceptors (Lipinski definition) is 7. The highest BCUT2D eigenvalue weighted by molar-refractivity contribution is 5.82. The fourth-order valence-corrected chi connectivity index (χ4v) is 5.67. The Morgan fingerprint density at radius 1 is 1.16 bits per heavy atom. The molecule has 0 amide bonds. The molecule has 0 radical (unpaired) electrons. The zero-order valence-electron chi connectivity index (χ0n) is 23.0. The van der Waals surface area contributed by atoms with Gasteiger partial charge in [0, 0.05) is 19.6 Å². The lowest BCUT2D eigenvalue weighted by atomic mass is 9.91. The van der Waals surface area contributed by atoms with E-state index in [2.05, 4.69) is 38.7 Å². The van der Waals surface area contributed by atoms with Gasteiger partial charge in [0.15, 0.2) is 0 Å². The van der Waals surface area contributed by atoms with E-state index in [-0.39, 0.29) is 30.5 Å². The molecule has 210 valence electrons. The van der Waals surface area contributed by atoms with E-state index < -0.39 is 24.3 Å². The number of cyclic esters (lactones) is 1. The number of methoxy groups -OCH3 is 1. The standard InChI is InChI=1S/C31H44O7/c1-20-13-14-35-24(16-20)11-12-27(34-4)28-19-29-31(38-29)26(32)18-22(3)15-21(2)17-25-9-5-7-23(36-25)8-6-10-30(33)37-28/h5-7,10-13,21,23-29,31-32H,3,8-9,14-19H2,1-2,4H3/b10-6-,12-11+/t21-,23-,24+,25-,26-,27-,28-,29+,31-/m0/s1. The summed E-state index contributed by atoms with van der Waals surface area (Å²) in [7, 11) is 1.60. The number of fused-ring (bicyclic) bond motifs is 3. The quantitative estimate of drug-likeness (QED) is 0.320. The first-order valence-corrected chi connectivity index (χ1v) is 14.0. The molecule has 4 aliphatic rings. The number of ether oxygens (including phenoxy) is 5. The van der Waals surface area contributed by atoms with Crippen LogP contribution in [0.1, 0.15) is 58.8 Å². The summed E-state index contributed by atoms with van der Waals surface area (Å²) < 4.78 is 29.6. The summed E-state index contributed by atoms with van der Waals surface area (Å²) in [5.41, 5.74) is 2.30. The van der Waals surface area contributed by atoms with Gasteiger partial charge in [-0.05, 0) is 51.4 Å². The van der Waals surface area contributed by atoms with Crippen LogP contribution >= 0.6 is 0 Å². The molecule has 0 aromatic rings. The minimum atomic E-state index is -0.644. The number of epoxide rings is 1. The second-order valence-corrected chi connectivity index (χ2v) is 11.2. The van der Waals surface area contributed by atoms with Crippen molar-refractivity contribution in [1.82, 2.24) is 0 Å². The van der Waals surface area contributed by atoms with Gasteiger partial charge in [0.05, 0.1) is 37.1 Å². The maximum Gasteiger partial charge on any atom is 0.330 e. The molecule has 0 saturated carbocycles. The van der Waals surface area contributed by atoms with Crippen LogP contribution in [0.5, 0.6) is 0 Å². The Labute approximate surface area is 227 Å². The Kier molecular flexibility index (Phi) is 10.6. The Morgan fingerprint density at radius 2 is 2.00 bits per heavy atom. The highest BCUT2D eigenvalue weighted by Gasteiger charge is 2.47. The average molecular weight is 529 g/mol. The average Bonchev–Trinajstić information content (AvgIpc) is 3.63. The molecule has 4 rings (SSSR count). The van der Waals surface area contributed by atoms with E-state index in [9.17, 15) is 9.90 Å². The van der Waals surface area contributed by atoms with Crippen LogP contribution in [0.25, 0.3) is 0 Å². The molecule has 4 aliphatic heterocycles. The summed E-state index contributed by atoms with van der Waals surface area (Å²) in [5, 5.41) is 10.8. The maximum atomic E-state index is 12.8. The molecule has 1 saturated heterocycles. The number of carbonyl (C=O) groups excluding carboxylic acids is 1. The monoisotopic (exact) mass is 528 g/mol. The number of carbonyl (C=O) groups is 1. The summed E-state index contributed by atoms with van der Waals surface area (Å²) >= 11 is 0. The van der Waals surface area contributed by atoms with Gasteiger partial charge in [0.1, 0.15) is 18.3 Å². The first kappa shape index (κ1) is 29.0. The van der Waals surface area contributed by atoms with Crippen molar-refractivity contribution in [1.29, 1.82) is 0 Å². The molecule has 1 N–H and O–H groups in total. The van der Waals surface area contributed by atoms with Gasteiger partial charge in [-0.1, -0.05) is 61.1 Å². The molecule has 0 aromatic heterocycles. The van der Waals surface area contributed by atoms with E-state index in [1.54, 1.807) is 7.11 Å². The third kappa shape index (κ3) is 8.75. The van der Waals surface area contributed by atoms with Gasteiger partial charge in [-0.3, -0.25) is 0 Å². The van der Waals surface area contributed by atoms with Crippen LogP contribution in [0.4, 0.5) is 0 Å². The lowest BCUT2D eigenvalue weighted by Crippen LogP contribution is -2.34. The van der Waals surface area contributed by atoms with Crippen molar-refractivity contribution >= 4 is 5.97 Å². The third-order valence-corrected chi connectivity index (χ3v) is 7.69. The number of aliphatic hydroxyl groups is 1. The number of esters is 1. The fourth-order valence-electron chi connectivity index (χ4n) is 5.67. The highest BCUT2D eigenvalue weighted by Crippen LogP contribution is 2.35. The molecule has 0 aliphatic carbocycles. The van der Waals surface area contributed by atoms with Crippen molar-refractivity contribution < 1.29 is 33.6 Å². The van der Waals surface area contributed by atoms with E-state index in [4.69, 9.17) is 23.7 Å². The van der Waals surface area contributed by atoms with E-state index in [0.717, 1.165) is 31.3 Å². The normalized spacial score (nSPS) is 38.9. The molecule has 0 unspecified atom stereocenters. The summed E-state index contributed by atoms with van der Waals surface area (Å²) in [6.45, 7) is 9.11. The van der Waals surface area contributed by atoms with Crippen molar-refractivity contribution in [3.63, 3.8) is 0 Å². The Bertz CT molecular complexity index is 935. The number of hydrogen-bond donors (Lipinski definition) is 1. The van der Waals surface area contributed by atoms with Crippen molar-refractivity contribution in [3.8, 4) is 0 Å². The largest absolute Gasteiger partial charge is 0.456 e. The summed E-state index contributed by atoms with van der Waals surface area (Å²) in [5.74, 6) is -0.0337. The lowest BCUT2D eigenvalue weighted by Gasteiger charge is -2.28. The second kappa shape index (κ2) is 13.9. The van der Waals surface area contributed by atoms with Crippen molar-refractivity contribution in [2.45, 2.75) is 108 Å². The van der Waals surface area contributed by atoms with E-state index in [1.165, 1.54) is 11.6 Å². The predicted molar refractivity (Wildman–Crippen MR) is 146 cm³/mol. The van der Waals surface area contributed by atoms with E-state index >= 15 is 0 Å². The number of rotatable bonds is 4. The topological polar surface area (TPSA) is 86.8 Å². The molecule has 2 bridgehead atoms. The highest BCUT2D eigenvalue weighted by atomic mass is 16.6. The summed E-state index contributed by atoms with van der Waals surface area (Å²) in [6, 6.07) is 0. The molecule has 4 heterocycles. The molecule has 1 fully saturated rings. The van der Waals surface area contributed by atoms with Gasteiger partial charge in [-0.25, -0.2) is 4.79 Å². The Balaban J connectivity index is 1.47. The molecular formula is C31H44O7. The predicted octanol–water partition coefficient (Wildman–Crippen LogP) is 4.76. The molecule has 0 aromatic carbocycles. The maximum absolute atomic E-state index is 12.8. The molecule has 7 heteroatoms. The van der Waals surface area contributed by atoms with Crippen LogP contribution in [0.2, 0.25) is 0 Å². The molecule has 7 nitrogen and oxygen atoms in total. The van der Waals surface area contributed by atoms with Crippen molar-refractivity contribution in [3.05, 3.63) is 60.3 Å². The first-order valence-electron chi connectivity index (χ1n) is 14.0. The van der Waals surface area contributed by atoms with Gasteiger partial charge < -0.3 is 28.8 Å². The minimum Gasteiger partial charge on any atom is -0.456 e. The molecule has 0 spiro atoms. The van der Waals surface area contributed by atoms with Crippen LogP contribution in [0, 0.1) is 5.92 Å². The Hall–Kier alpha value is -2.03. The Morgan fingerprint density at radius 3 is 2.79 bits per heavy atom. The van der Waals surface area contributed by atoms with E-state index in [0.29, 0.717) is 31.8 Å². The SMILES string of the molecule is C=C1C[C@H](C)C[C@@H]2CC=C[C@@H](C/C=C\C(=O)O[C@H]([C@H](/C=C/[C@@H]3CC(C)=CCO3)OC)C[C@H]3O[C@H]3[C@@H](O)C1)O2. The van der Waals surface area contributed by atoms with Gasteiger partial charge >= 0.3 is 5.97 Å². The zero-order chi connectivity index (χ0) is 27.1. The lowest BCUT2D eigenvalue weighted by molar-refractivity contribution is -0.149. The van der Waals surface area contributed by atoms with E-state index in [1.807, 2.05) is 18.2 Å². The van der Waals surface area contributed by atoms with Gasteiger partial charge in [-0.2, -0.15) is 0 Å². The summed E-state index contributed by atoms with van der Waals surface area (Å²) in [6.07, 6.45) is 16.3. The van der Waals surface area contributed by atoms with Crippen molar-refractivity contribution in [2.24, 2.45) is 5.92 Å². The third-order valence-electron chi connectivity index (χ3n) is 7.69. The first-order chi connectivity index (χ1) is 18.3. The molecule has 38 heavy (non-hydrogen) atoms. The number of aliphatic hydroxyl groups excluding tert-OH is 1. The van der Waals surface area contributed by atoms with Crippen LogP contribution in [-0.4, -0.2) is 73.6 Å². The smallest absolute Gasteiger partial charge is 0.330 e. The van der Waals surface area contributed by atoms with Gasteiger partial charge in [0.2, 0.25) is 0 Å². The zero-order valence-corrected chi connectivity index (χ0v) is 23.0. The van der Waals surface area contributed by atoms with Gasteiger partial charge in [0.25, 0.3) is 0 Å². The van der Waals surface area contributed by atoms with Crippen LogP contribution in [-0.2, 0) is 28.5 Å². The molecule has 9 atom stereocenters. The van der Waals surface area contributed by atoms with Crippen LogP contribution in [0.15, 0.2) is 60.3 Å². The van der Waals surface area contributed by atoms with Crippen LogP contribution < -0.4 is 0 Å². The molecular weight excluding hydrogens is 484 g/mol. The van der Waals surface area contributed by atoms with Crippen LogP contribution in [0.3, 0.4) is 0 Å². The second-order valence-electron chi connectivity index (χ2n) is 11.2. The van der Waals surface area contributed by atoms with Gasteiger partial charge in [-0.15, -0.1) is 0 Å².